The first-order valence-electron chi connectivity index (χ1n) is 8.19. The fourth-order valence-electron chi connectivity index (χ4n) is 2.86. The molecule has 1 aromatic heterocycles. The summed E-state index contributed by atoms with van der Waals surface area (Å²) in [5.41, 5.74) is -0.993. The first-order chi connectivity index (χ1) is 12.3. The predicted octanol–water partition coefficient (Wildman–Crippen LogP) is 0.986. The number of hydrogen-bond acceptors (Lipinski definition) is 6. The molecule has 0 bridgehead atoms. The fourth-order valence-corrected chi connectivity index (χ4v) is 2.86. The highest BCUT2D eigenvalue weighted by Crippen LogP contribution is 2.28. The molecule has 0 unspecified atom stereocenters. The topological polar surface area (TPSA) is 78.9 Å². The lowest BCUT2D eigenvalue weighted by molar-refractivity contribution is -0.141. The van der Waals surface area contributed by atoms with Crippen LogP contribution < -0.4 is 4.90 Å². The number of nitrogens with zero attached hydrogens (tertiary/aromatic N) is 5. The number of amides is 2. The lowest BCUT2D eigenvalue weighted by Gasteiger charge is -2.24. The van der Waals surface area contributed by atoms with Crippen molar-refractivity contribution in [2.45, 2.75) is 12.6 Å². The molecule has 26 heavy (non-hydrogen) atoms. The van der Waals surface area contributed by atoms with Crippen molar-refractivity contribution in [1.82, 2.24) is 19.8 Å². The van der Waals surface area contributed by atoms with Crippen molar-refractivity contribution < 1.29 is 27.5 Å². The average molecular weight is 373 g/mol. The lowest BCUT2D eigenvalue weighted by atomic mass is 10.3. The van der Waals surface area contributed by atoms with Crippen molar-refractivity contribution in [2.75, 3.05) is 50.8 Å². The van der Waals surface area contributed by atoms with E-state index in [0.717, 1.165) is 12.3 Å². The number of carbonyl (C=O) groups excluding carboxylic acids is 2. The first kappa shape index (κ1) is 18.2. The highest BCUT2D eigenvalue weighted by Gasteiger charge is 2.33. The maximum atomic E-state index is 12.8. The van der Waals surface area contributed by atoms with Gasteiger partial charge in [-0.2, -0.15) is 13.2 Å². The molecule has 0 saturated carbocycles. The molecule has 3 rings (SSSR count). The van der Waals surface area contributed by atoms with E-state index in [2.05, 4.69) is 9.97 Å². The zero-order valence-corrected chi connectivity index (χ0v) is 13.9. The highest BCUT2D eigenvalue weighted by atomic mass is 19.4. The second-order valence-corrected chi connectivity index (χ2v) is 6.00. The number of aromatic nitrogens is 2. The number of halogens is 3. The Balaban J connectivity index is 1.61. The van der Waals surface area contributed by atoms with Crippen LogP contribution in [-0.2, 0) is 15.7 Å². The summed E-state index contributed by atoms with van der Waals surface area (Å²) in [6.45, 7) is 2.13. The summed E-state index contributed by atoms with van der Waals surface area (Å²) in [6, 6.07) is 0.826. The van der Waals surface area contributed by atoms with Gasteiger partial charge in [0.1, 0.15) is 18.8 Å². The van der Waals surface area contributed by atoms with Gasteiger partial charge in [0.15, 0.2) is 0 Å². The predicted molar refractivity (Wildman–Crippen MR) is 83.4 cm³/mol. The molecule has 2 amide bonds. The van der Waals surface area contributed by atoms with E-state index in [-0.39, 0.29) is 25.0 Å². The SMILES string of the molecule is O=C(CN1CCOC1=O)N1CCCN(c2nccc(C(F)(F)F)n2)CC1. The maximum Gasteiger partial charge on any atom is 0.433 e. The van der Waals surface area contributed by atoms with Crippen molar-refractivity contribution in [3.63, 3.8) is 0 Å². The van der Waals surface area contributed by atoms with E-state index in [1.54, 1.807) is 9.80 Å². The van der Waals surface area contributed by atoms with Crippen molar-refractivity contribution in [3.05, 3.63) is 18.0 Å². The summed E-state index contributed by atoms with van der Waals surface area (Å²) in [5, 5.41) is 0. The number of anilines is 1. The molecule has 2 aliphatic heterocycles. The minimum absolute atomic E-state index is 0.00255. The molecule has 0 aromatic carbocycles. The maximum absolute atomic E-state index is 12.8. The third-order valence-electron chi connectivity index (χ3n) is 4.24. The molecule has 2 fully saturated rings. The molecule has 2 aliphatic rings. The van der Waals surface area contributed by atoms with Crippen LogP contribution in [-0.4, -0.2) is 77.6 Å². The number of hydrogen-bond donors (Lipinski definition) is 0. The van der Waals surface area contributed by atoms with Crippen molar-refractivity contribution in [3.8, 4) is 0 Å². The monoisotopic (exact) mass is 373 g/mol. The smallest absolute Gasteiger partial charge is 0.433 e. The third-order valence-corrected chi connectivity index (χ3v) is 4.24. The largest absolute Gasteiger partial charge is 0.448 e. The lowest BCUT2D eigenvalue weighted by Crippen LogP contribution is -2.42. The van der Waals surface area contributed by atoms with Crippen LogP contribution in [0, 0.1) is 0 Å². The molecule has 142 valence electrons. The molecular weight excluding hydrogens is 355 g/mol. The van der Waals surface area contributed by atoms with Crippen molar-refractivity contribution in [2.24, 2.45) is 0 Å². The second-order valence-electron chi connectivity index (χ2n) is 6.00. The number of carbonyl (C=O) groups is 2. The van der Waals surface area contributed by atoms with Crippen LogP contribution in [0.1, 0.15) is 12.1 Å². The molecular formula is C15H18F3N5O3. The van der Waals surface area contributed by atoms with Gasteiger partial charge in [0, 0.05) is 32.4 Å². The molecule has 8 nitrogen and oxygen atoms in total. The Morgan fingerprint density at radius 3 is 2.69 bits per heavy atom. The zero-order valence-electron chi connectivity index (χ0n) is 13.9. The van der Waals surface area contributed by atoms with Crippen LogP contribution in [0.25, 0.3) is 0 Å². The van der Waals surface area contributed by atoms with E-state index < -0.39 is 18.0 Å². The molecule has 0 N–H and O–H groups in total. The van der Waals surface area contributed by atoms with Gasteiger partial charge in [0.2, 0.25) is 11.9 Å². The summed E-state index contributed by atoms with van der Waals surface area (Å²) in [6.07, 6.45) is -3.39. The van der Waals surface area contributed by atoms with Crippen LogP contribution in [0.5, 0.6) is 0 Å². The van der Waals surface area contributed by atoms with E-state index in [9.17, 15) is 22.8 Å². The Labute approximate surface area is 147 Å². The summed E-state index contributed by atoms with van der Waals surface area (Å²) in [5.74, 6) is -0.215. The Kier molecular flexibility index (Phi) is 5.14. The average Bonchev–Trinajstić information content (AvgIpc) is 2.86. The molecule has 3 heterocycles. The number of ether oxygens (including phenoxy) is 1. The molecule has 11 heteroatoms. The molecule has 1 aromatic rings. The van der Waals surface area contributed by atoms with E-state index in [1.165, 1.54) is 4.90 Å². The third kappa shape index (κ3) is 4.14. The highest BCUT2D eigenvalue weighted by molar-refractivity contribution is 5.83. The van der Waals surface area contributed by atoms with Crippen LogP contribution in [0.3, 0.4) is 0 Å². The van der Waals surface area contributed by atoms with Gasteiger partial charge in [-0.3, -0.25) is 9.69 Å². The second kappa shape index (κ2) is 7.34. The summed E-state index contributed by atoms with van der Waals surface area (Å²) >= 11 is 0. The summed E-state index contributed by atoms with van der Waals surface area (Å²) in [7, 11) is 0. The van der Waals surface area contributed by atoms with E-state index in [4.69, 9.17) is 4.74 Å². The van der Waals surface area contributed by atoms with Gasteiger partial charge in [-0.05, 0) is 12.5 Å². The van der Waals surface area contributed by atoms with Gasteiger partial charge >= 0.3 is 12.3 Å². The van der Waals surface area contributed by atoms with Gasteiger partial charge in [-0.15, -0.1) is 0 Å². The quantitative estimate of drug-likeness (QED) is 0.786. The van der Waals surface area contributed by atoms with E-state index in [0.29, 0.717) is 39.1 Å². The van der Waals surface area contributed by atoms with Crippen molar-refractivity contribution in [1.29, 1.82) is 0 Å². The zero-order chi connectivity index (χ0) is 18.7. The first-order valence-corrected chi connectivity index (χ1v) is 8.19. The van der Waals surface area contributed by atoms with Gasteiger partial charge in [-0.25, -0.2) is 14.8 Å². The number of cyclic esters (lactones) is 1. The van der Waals surface area contributed by atoms with Crippen LogP contribution in [0.4, 0.5) is 23.9 Å². The summed E-state index contributed by atoms with van der Waals surface area (Å²) < 4.78 is 43.2. The number of alkyl halides is 3. The van der Waals surface area contributed by atoms with E-state index >= 15 is 0 Å². The standard InChI is InChI=1S/C15H18F3N5O3/c16-15(17,18)11-2-3-19-13(20-11)22-5-1-4-21(6-7-22)12(24)10-23-8-9-26-14(23)25/h2-3H,1,4-10H2. The van der Waals surface area contributed by atoms with Crippen LogP contribution in [0.15, 0.2) is 12.3 Å². The Morgan fingerprint density at radius 1 is 1.19 bits per heavy atom. The van der Waals surface area contributed by atoms with Crippen LogP contribution >= 0.6 is 0 Å². The van der Waals surface area contributed by atoms with Crippen molar-refractivity contribution >= 4 is 17.9 Å². The normalized spacial score (nSPS) is 18.7. The molecule has 0 radical (unpaired) electrons. The minimum atomic E-state index is -4.53. The Morgan fingerprint density at radius 2 is 2.00 bits per heavy atom. The number of rotatable bonds is 3. The minimum Gasteiger partial charge on any atom is -0.448 e. The molecule has 2 saturated heterocycles. The molecule has 0 aliphatic carbocycles. The van der Waals surface area contributed by atoms with Gasteiger partial charge in [0.25, 0.3) is 0 Å². The summed E-state index contributed by atoms with van der Waals surface area (Å²) in [4.78, 5) is 35.9. The molecule has 0 spiro atoms. The Hall–Kier alpha value is -2.59. The Bertz CT molecular complexity index is 685. The van der Waals surface area contributed by atoms with E-state index in [1.807, 2.05) is 0 Å². The van der Waals surface area contributed by atoms with Gasteiger partial charge < -0.3 is 14.5 Å². The molecule has 0 atom stereocenters. The van der Waals surface area contributed by atoms with Crippen LogP contribution in [0.2, 0.25) is 0 Å². The van der Waals surface area contributed by atoms with Gasteiger partial charge in [0.05, 0.1) is 6.54 Å². The van der Waals surface area contributed by atoms with Gasteiger partial charge in [-0.1, -0.05) is 0 Å². The fraction of sp³-hybridized carbons (Fsp3) is 0.600.